The van der Waals surface area contributed by atoms with Crippen LogP contribution in [0.4, 0.5) is 0 Å². The van der Waals surface area contributed by atoms with E-state index in [0.717, 1.165) is 18.0 Å². The van der Waals surface area contributed by atoms with Crippen molar-refractivity contribution >= 4 is 0 Å². The summed E-state index contributed by atoms with van der Waals surface area (Å²) in [6.45, 7) is 2.42. The van der Waals surface area contributed by atoms with E-state index < -0.39 is 0 Å². The Bertz CT molecular complexity index is 146. The predicted molar refractivity (Wildman–Crippen MR) is 47.3 cm³/mol. The lowest BCUT2D eigenvalue weighted by atomic mass is 9.91. The lowest BCUT2D eigenvalue weighted by molar-refractivity contribution is -0.931. The van der Waals surface area contributed by atoms with Crippen molar-refractivity contribution in [3.8, 4) is 0 Å². The van der Waals surface area contributed by atoms with Crippen LogP contribution in [0, 0.1) is 5.92 Å². The van der Waals surface area contributed by atoms with Gasteiger partial charge in [-0.05, 0) is 5.92 Å². The standard InChI is InChI=1S/C10H20N/c1-8-6-9-4-5-10(7-8)11(9,2)3/h8-10H,4-7H2,1-3H3/q+1. The Morgan fingerprint density at radius 1 is 1.00 bits per heavy atom. The molecule has 0 aromatic rings. The molecule has 0 N–H and O–H groups in total. The molecular weight excluding hydrogens is 134 g/mol. The van der Waals surface area contributed by atoms with Crippen molar-refractivity contribution in [1.82, 2.24) is 0 Å². The second kappa shape index (κ2) is 2.22. The van der Waals surface area contributed by atoms with Crippen molar-refractivity contribution < 1.29 is 4.48 Å². The van der Waals surface area contributed by atoms with Gasteiger partial charge in [0.15, 0.2) is 0 Å². The molecule has 1 heteroatoms. The number of quaternary nitrogens is 1. The van der Waals surface area contributed by atoms with E-state index in [0.29, 0.717) is 0 Å². The number of nitrogens with zero attached hydrogens (tertiary/aromatic N) is 1. The molecule has 2 heterocycles. The number of hydrogen-bond donors (Lipinski definition) is 0. The zero-order chi connectivity index (χ0) is 8.06. The van der Waals surface area contributed by atoms with Gasteiger partial charge in [-0.15, -0.1) is 0 Å². The Hall–Kier alpha value is -0.0400. The summed E-state index contributed by atoms with van der Waals surface area (Å²) in [4.78, 5) is 0. The molecule has 2 atom stereocenters. The quantitative estimate of drug-likeness (QED) is 0.468. The van der Waals surface area contributed by atoms with Crippen LogP contribution in [0.5, 0.6) is 0 Å². The highest BCUT2D eigenvalue weighted by molar-refractivity contribution is 4.83. The van der Waals surface area contributed by atoms with Gasteiger partial charge in [-0.3, -0.25) is 0 Å². The van der Waals surface area contributed by atoms with E-state index in [4.69, 9.17) is 0 Å². The van der Waals surface area contributed by atoms with Crippen molar-refractivity contribution in [1.29, 1.82) is 0 Å². The summed E-state index contributed by atoms with van der Waals surface area (Å²) < 4.78 is 1.32. The summed E-state index contributed by atoms with van der Waals surface area (Å²) in [5, 5.41) is 0. The van der Waals surface area contributed by atoms with E-state index >= 15 is 0 Å². The zero-order valence-corrected chi connectivity index (χ0v) is 8.01. The minimum absolute atomic E-state index is 0.990. The van der Waals surface area contributed by atoms with Gasteiger partial charge in [-0.2, -0.15) is 0 Å². The van der Waals surface area contributed by atoms with Crippen molar-refractivity contribution in [3.05, 3.63) is 0 Å². The maximum absolute atomic E-state index is 2.42. The lowest BCUT2D eigenvalue weighted by Gasteiger charge is -2.43. The first-order valence-corrected chi connectivity index (χ1v) is 4.94. The van der Waals surface area contributed by atoms with Crippen molar-refractivity contribution in [2.75, 3.05) is 14.1 Å². The van der Waals surface area contributed by atoms with Gasteiger partial charge < -0.3 is 4.48 Å². The van der Waals surface area contributed by atoms with Crippen LogP contribution in [-0.4, -0.2) is 30.7 Å². The van der Waals surface area contributed by atoms with E-state index in [1.165, 1.54) is 30.2 Å². The second-order valence-electron chi connectivity index (χ2n) is 5.09. The molecule has 2 saturated heterocycles. The Morgan fingerprint density at radius 3 is 1.91 bits per heavy atom. The molecule has 2 aliphatic rings. The highest BCUT2D eigenvalue weighted by Crippen LogP contribution is 2.41. The molecule has 2 unspecified atom stereocenters. The third kappa shape index (κ3) is 1.01. The van der Waals surface area contributed by atoms with Crippen LogP contribution in [0.2, 0.25) is 0 Å². The minimum atomic E-state index is 0.990. The van der Waals surface area contributed by atoms with E-state index in [2.05, 4.69) is 21.0 Å². The zero-order valence-electron chi connectivity index (χ0n) is 8.01. The summed E-state index contributed by atoms with van der Waals surface area (Å²) in [6.07, 6.45) is 5.93. The maximum Gasteiger partial charge on any atom is 0.0893 e. The second-order valence-corrected chi connectivity index (χ2v) is 5.09. The summed E-state index contributed by atoms with van der Waals surface area (Å²) in [5.74, 6) is 0.999. The van der Waals surface area contributed by atoms with Gasteiger partial charge in [0.05, 0.1) is 26.2 Å². The van der Waals surface area contributed by atoms with Gasteiger partial charge in [0.25, 0.3) is 0 Å². The van der Waals surface area contributed by atoms with E-state index in [1.807, 2.05) is 0 Å². The molecule has 64 valence electrons. The minimum Gasteiger partial charge on any atom is -0.324 e. The van der Waals surface area contributed by atoms with Crippen LogP contribution in [-0.2, 0) is 0 Å². The van der Waals surface area contributed by atoms with Gasteiger partial charge in [0, 0.05) is 25.7 Å². The van der Waals surface area contributed by atoms with Crippen molar-refractivity contribution in [3.63, 3.8) is 0 Å². The largest absolute Gasteiger partial charge is 0.324 e. The smallest absolute Gasteiger partial charge is 0.0893 e. The molecular formula is C10H20N+. The van der Waals surface area contributed by atoms with Crippen LogP contribution in [0.25, 0.3) is 0 Å². The summed E-state index contributed by atoms with van der Waals surface area (Å²) >= 11 is 0. The Kier molecular flexibility index (Phi) is 1.54. The fourth-order valence-corrected chi connectivity index (χ4v) is 3.15. The summed E-state index contributed by atoms with van der Waals surface area (Å²) in [6, 6.07) is 1.98. The highest BCUT2D eigenvalue weighted by Gasteiger charge is 2.47. The normalized spacial score (nSPS) is 47.7. The lowest BCUT2D eigenvalue weighted by Crippen LogP contribution is -2.54. The molecule has 11 heavy (non-hydrogen) atoms. The average Bonchev–Trinajstić information content (AvgIpc) is 2.19. The average molecular weight is 154 g/mol. The SMILES string of the molecule is CC1CC2CCC(C1)[N+]2(C)C. The van der Waals surface area contributed by atoms with Gasteiger partial charge in [0.2, 0.25) is 0 Å². The van der Waals surface area contributed by atoms with E-state index in [-0.39, 0.29) is 0 Å². The third-order valence-electron chi connectivity index (χ3n) is 4.06. The van der Waals surface area contributed by atoms with Gasteiger partial charge in [0.1, 0.15) is 0 Å². The number of rotatable bonds is 0. The molecule has 0 amide bonds. The summed E-state index contributed by atoms with van der Waals surface area (Å²) in [5.41, 5.74) is 0. The van der Waals surface area contributed by atoms with Crippen LogP contribution in [0.1, 0.15) is 32.6 Å². The highest BCUT2D eigenvalue weighted by atomic mass is 15.4. The van der Waals surface area contributed by atoms with E-state index in [9.17, 15) is 0 Å². The molecule has 0 radical (unpaired) electrons. The van der Waals surface area contributed by atoms with Crippen LogP contribution < -0.4 is 0 Å². The first-order valence-electron chi connectivity index (χ1n) is 4.94. The van der Waals surface area contributed by atoms with Crippen LogP contribution >= 0.6 is 0 Å². The molecule has 2 aliphatic heterocycles. The monoisotopic (exact) mass is 154 g/mol. The van der Waals surface area contributed by atoms with Crippen LogP contribution in [0.15, 0.2) is 0 Å². The van der Waals surface area contributed by atoms with Gasteiger partial charge in [-0.1, -0.05) is 6.92 Å². The molecule has 0 aromatic heterocycles. The number of piperidine rings is 1. The van der Waals surface area contributed by atoms with Gasteiger partial charge >= 0.3 is 0 Å². The molecule has 0 aromatic carbocycles. The molecule has 0 saturated carbocycles. The Balaban J connectivity index is 2.19. The van der Waals surface area contributed by atoms with Crippen molar-refractivity contribution in [2.45, 2.75) is 44.7 Å². The maximum atomic E-state index is 2.42. The van der Waals surface area contributed by atoms with E-state index in [1.54, 1.807) is 0 Å². The topological polar surface area (TPSA) is 0 Å². The Labute approximate surface area is 70.0 Å². The summed E-state index contributed by atoms with van der Waals surface area (Å²) in [7, 11) is 4.85. The van der Waals surface area contributed by atoms with Crippen molar-refractivity contribution in [2.24, 2.45) is 5.92 Å². The van der Waals surface area contributed by atoms with Crippen LogP contribution in [0.3, 0.4) is 0 Å². The first-order chi connectivity index (χ1) is 5.10. The molecule has 1 nitrogen and oxygen atoms in total. The predicted octanol–water partition coefficient (Wildman–Crippen LogP) is 2.02. The first kappa shape index (κ1) is 7.60. The van der Waals surface area contributed by atoms with Gasteiger partial charge in [-0.25, -0.2) is 0 Å². The third-order valence-corrected chi connectivity index (χ3v) is 4.06. The molecule has 2 rings (SSSR count). The molecule has 2 bridgehead atoms. The number of fused-ring (bicyclic) bond motifs is 2. The number of hydrogen-bond acceptors (Lipinski definition) is 0. The molecule has 2 fully saturated rings. The fourth-order valence-electron chi connectivity index (χ4n) is 3.15. The molecule has 0 aliphatic carbocycles. The molecule has 0 spiro atoms. The fraction of sp³-hybridized carbons (Fsp3) is 1.00. The Morgan fingerprint density at radius 2 is 1.45 bits per heavy atom.